The fraction of sp³-hybridized carbons (Fsp3) is 0.396. The standard InChI is InChI=1S/C48H53ClN8O10S/c1-48(2)13-9-32(40(25-48)30-3-5-33(49)6-4-30)28-55-15-17-56(18-16-55)35-7-8-39(42(22-35)66-37-21-31-10-14-50-45(31)51-27-37)46(58)54-68(62,63)38-23-41(57(60)61)44-43(24-38)65-29-34(53-44)26-52-47(59)67-36-11-19-64-20-12-36/h3-8,10,14,21-24,27,34,36,53H,9,11-13,15-20,25-26,28-29H2,1-2H3,(H,50,51)(H,52,59)(H,54,58)/t34-/m0/s1. The van der Waals surface area contributed by atoms with Gasteiger partial charge in [0.05, 0.1) is 40.8 Å². The van der Waals surface area contributed by atoms with Gasteiger partial charge in [-0.25, -0.2) is 22.9 Å². The van der Waals surface area contributed by atoms with Gasteiger partial charge in [-0.1, -0.05) is 43.2 Å². The molecule has 0 spiro atoms. The number of sulfonamides is 1. The Balaban J connectivity index is 0.909. The Hall–Kier alpha value is -6.41. The predicted octanol–water partition coefficient (Wildman–Crippen LogP) is 7.90. The lowest BCUT2D eigenvalue weighted by atomic mass is 9.72. The molecule has 5 aromatic rings. The third-order valence-corrected chi connectivity index (χ3v) is 14.4. The molecular formula is C48H53ClN8O10S. The van der Waals surface area contributed by atoms with Gasteiger partial charge in [-0.3, -0.25) is 19.8 Å². The number of aromatic nitrogens is 2. The van der Waals surface area contributed by atoms with Crippen LogP contribution in [0.3, 0.4) is 0 Å². The normalized spacial score (nSPS) is 18.8. The first-order valence-corrected chi connectivity index (χ1v) is 24.5. The molecule has 0 bridgehead atoms. The van der Waals surface area contributed by atoms with E-state index in [-0.39, 0.29) is 47.4 Å². The highest BCUT2D eigenvalue weighted by Crippen LogP contribution is 2.44. The Kier molecular flexibility index (Phi) is 13.5. The average Bonchev–Trinajstić information content (AvgIpc) is 3.80. The number of hydrogen-bond acceptors (Lipinski definition) is 14. The number of amides is 2. The number of fused-ring (bicyclic) bond motifs is 2. The first kappa shape index (κ1) is 46.7. The lowest BCUT2D eigenvalue weighted by molar-refractivity contribution is -0.384. The molecular weight excluding hydrogens is 916 g/mol. The van der Waals surface area contributed by atoms with E-state index in [2.05, 4.69) is 61.1 Å². The smallest absolute Gasteiger partial charge is 0.407 e. The third kappa shape index (κ3) is 10.8. The van der Waals surface area contributed by atoms with Crippen molar-refractivity contribution in [1.82, 2.24) is 24.9 Å². The van der Waals surface area contributed by atoms with Gasteiger partial charge in [-0.05, 0) is 72.2 Å². The second kappa shape index (κ2) is 19.7. The van der Waals surface area contributed by atoms with E-state index in [4.69, 9.17) is 30.5 Å². The molecule has 358 valence electrons. The first-order chi connectivity index (χ1) is 32.7. The van der Waals surface area contributed by atoms with E-state index in [9.17, 15) is 28.1 Å². The molecule has 2 amide bonds. The van der Waals surface area contributed by atoms with Crippen molar-refractivity contribution in [3.05, 3.63) is 111 Å². The molecule has 9 rings (SSSR count). The van der Waals surface area contributed by atoms with Crippen molar-refractivity contribution in [1.29, 1.82) is 0 Å². The number of nitro benzene ring substituents is 1. The van der Waals surface area contributed by atoms with Crippen LogP contribution in [0, 0.1) is 15.5 Å². The van der Waals surface area contributed by atoms with Crippen LogP contribution >= 0.6 is 11.6 Å². The van der Waals surface area contributed by atoms with Crippen molar-refractivity contribution in [2.75, 3.05) is 69.3 Å². The topological polar surface area (TPSA) is 220 Å². The van der Waals surface area contributed by atoms with Crippen LogP contribution in [0.5, 0.6) is 17.2 Å². The number of H-pyrrole nitrogens is 1. The van der Waals surface area contributed by atoms with E-state index in [1.165, 1.54) is 29.0 Å². The van der Waals surface area contributed by atoms with Crippen LogP contribution in [0.4, 0.5) is 21.9 Å². The van der Waals surface area contributed by atoms with E-state index in [0.29, 0.717) is 55.6 Å². The van der Waals surface area contributed by atoms with Crippen molar-refractivity contribution in [2.45, 2.75) is 63.0 Å². The minimum Gasteiger partial charge on any atom is -0.489 e. The number of piperazine rings is 1. The highest BCUT2D eigenvalue weighted by Gasteiger charge is 2.34. The van der Waals surface area contributed by atoms with Crippen LogP contribution in [0.15, 0.2) is 89.6 Å². The molecule has 0 saturated carbocycles. The van der Waals surface area contributed by atoms with Crippen LogP contribution in [0.25, 0.3) is 16.6 Å². The first-order valence-electron chi connectivity index (χ1n) is 22.7. The zero-order valence-electron chi connectivity index (χ0n) is 37.7. The molecule has 3 aromatic carbocycles. The number of benzene rings is 3. The zero-order chi connectivity index (χ0) is 47.6. The summed E-state index contributed by atoms with van der Waals surface area (Å²) in [5, 5.41) is 19.4. The molecule has 0 unspecified atom stereocenters. The average molecular weight is 970 g/mol. The number of alkyl carbamates (subject to hydrolysis) is 1. The lowest BCUT2D eigenvalue weighted by Gasteiger charge is -2.39. The molecule has 18 nitrogen and oxygen atoms in total. The third-order valence-electron chi connectivity index (χ3n) is 12.9. The summed E-state index contributed by atoms with van der Waals surface area (Å²) in [5.74, 6) is -0.741. The Morgan fingerprint density at radius 2 is 1.81 bits per heavy atom. The Labute approximate surface area is 398 Å². The number of hydrogen-bond donors (Lipinski definition) is 4. The molecule has 4 aliphatic rings. The van der Waals surface area contributed by atoms with Gasteiger partial charge in [0.25, 0.3) is 21.6 Å². The second-order valence-corrected chi connectivity index (χ2v) is 20.4. The molecule has 2 fully saturated rings. The molecule has 5 heterocycles. The number of nitrogens with one attached hydrogen (secondary N) is 4. The van der Waals surface area contributed by atoms with Gasteiger partial charge in [-0.2, -0.15) is 0 Å². The van der Waals surface area contributed by atoms with Crippen LogP contribution in [-0.2, 0) is 19.5 Å². The summed E-state index contributed by atoms with van der Waals surface area (Å²) in [5.41, 5.74) is 4.90. The minimum absolute atomic E-state index is 0.00697. The van der Waals surface area contributed by atoms with Gasteiger partial charge >= 0.3 is 6.09 Å². The Morgan fingerprint density at radius 3 is 2.57 bits per heavy atom. The summed E-state index contributed by atoms with van der Waals surface area (Å²) in [6.45, 7) is 9.42. The number of rotatable bonds is 13. The number of carbonyl (C=O) groups excluding carboxylic acids is 2. The summed E-state index contributed by atoms with van der Waals surface area (Å²) in [7, 11) is -4.73. The number of nitro groups is 1. The fourth-order valence-electron chi connectivity index (χ4n) is 9.09. The maximum atomic E-state index is 14.1. The molecule has 0 radical (unpaired) electrons. The van der Waals surface area contributed by atoms with Gasteiger partial charge in [0.2, 0.25) is 0 Å². The Bertz CT molecular complexity index is 2860. The molecule has 1 atom stereocenters. The van der Waals surface area contributed by atoms with Gasteiger partial charge in [0.15, 0.2) is 11.4 Å². The SMILES string of the molecule is CC1(C)CCC(CN2CCN(c3ccc(C(=O)NS(=O)(=O)c4cc5c(c([N+](=O)[O-])c4)N[C@@H](CNC(=O)OC4CCOCC4)CO5)c(Oc4cnc5[nH]ccc5c4)c3)CC2)=C(c2ccc(Cl)cc2)C1. The van der Waals surface area contributed by atoms with Crippen LogP contribution in [0.2, 0.25) is 5.02 Å². The molecule has 4 N–H and O–H groups in total. The monoisotopic (exact) mass is 968 g/mol. The van der Waals surface area contributed by atoms with Crippen LogP contribution in [-0.4, -0.2) is 111 Å². The second-order valence-electron chi connectivity index (χ2n) is 18.3. The predicted molar refractivity (Wildman–Crippen MR) is 256 cm³/mol. The number of halogens is 1. The van der Waals surface area contributed by atoms with Gasteiger partial charge in [0.1, 0.15) is 29.9 Å². The number of carbonyl (C=O) groups is 2. The molecule has 2 aromatic heterocycles. The maximum absolute atomic E-state index is 14.1. The fourth-order valence-corrected chi connectivity index (χ4v) is 10.2. The van der Waals surface area contributed by atoms with Crippen LogP contribution in [0.1, 0.15) is 61.9 Å². The van der Waals surface area contributed by atoms with Crippen molar-refractivity contribution in [3.8, 4) is 17.2 Å². The molecule has 68 heavy (non-hydrogen) atoms. The number of allylic oxidation sites excluding steroid dienone is 1. The lowest BCUT2D eigenvalue weighted by Crippen LogP contribution is -2.47. The number of nitrogens with zero attached hydrogens (tertiary/aromatic N) is 4. The van der Waals surface area contributed by atoms with Crippen LogP contribution < -0.4 is 29.7 Å². The van der Waals surface area contributed by atoms with E-state index >= 15 is 0 Å². The quantitative estimate of drug-likeness (QED) is 0.0651. The molecule has 20 heteroatoms. The number of pyridine rings is 1. The zero-order valence-corrected chi connectivity index (χ0v) is 39.3. The van der Waals surface area contributed by atoms with E-state index in [1.807, 2.05) is 18.2 Å². The molecule has 3 aliphatic heterocycles. The van der Waals surface area contributed by atoms with Crippen molar-refractivity contribution in [3.63, 3.8) is 0 Å². The number of anilines is 2. The van der Waals surface area contributed by atoms with Gasteiger partial charge < -0.3 is 39.5 Å². The maximum Gasteiger partial charge on any atom is 0.407 e. The highest BCUT2D eigenvalue weighted by atomic mass is 35.5. The van der Waals surface area contributed by atoms with E-state index in [0.717, 1.165) is 62.1 Å². The van der Waals surface area contributed by atoms with E-state index < -0.39 is 43.6 Å². The van der Waals surface area contributed by atoms with E-state index in [1.54, 1.807) is 24.4 Å². The summed E-state index contributed by atoms with van der Waals surface area (Å²) >= 11 is 6.25. The van der Waals surface area contributed by atoms with Crippen molar-refractivity contribution >= 4 is 67.3 Å². The van der Waals surface area contributed by atoms with Crippen molar-refractivity contribution < 1.29 is 41.9 Å². The summed E-state index contributed by atoms with van der Waals surface area (Å²) in [6, 6.07) is 18.0. The molecule has 1 aliphatic carbocycles. The Morgan fingerprint density at radius 1 is 1.03 bits per heavy atom. The van der Waals surface area contributed by atoms with Gasteiger partial charge in [-0.15, -0.1) is 0 Å². The minimum atomic E-state index is -4.73. The largest absolute Gasteiger partial charge is 0.489 e. The summed E-state index contributed by atoms with van der Waals surface area (Å²) in [4.78, 5) is 49.6. The molecule has 2 saturated heterocycles. The number of aromatic amines is 1. The van der Waals surface area contributed by atoms with Crippen molar-refractivity contribution in [2.24, 2.45) is 5.41 Å². The number of ether oxygens (including phenoxy) is 4. The van der Waals surface area contributed by atoms with Gasteiger partial charge in [0, 0.05) is 92.6 Å². The highest BCUT2D eigenvalue weighted by molar-refractivity contribution is 7.90. The summed E-state index contributed by atoms with van der Waals surface area (Å²) < 4.78 is 52.8. The summed E-state index contributed by atoms with van der Waals surface area (Å²) in [6.07, 6.45) is 6.63.